The largest absolute Gasteiger partial charge is 0.252 e. The van der Waals surface area contributed by atoms with Gasteiger partial charge in [0.2, 0.25) is 0 Å². The van der Waals surface area contributed by atoms with Crippen LogP contribution >= 0.6 is 27.5 Å². The van der Waals surface area contributed by atoms with Crippen LogP contribution in [0.1, 0.15) is 11.1 Å². The maximum Gasteiger partial charge on any atom is 0.146 e. The Morgan fingerprint density at radius 3 is 2.26 bits per heavy atom. The SMILES string of the molecule is N#Cc1c(-c2ccccc2)cc(-c2ccc(Br)cc2)nc1S(=O)Cc1ccc(Cl)cc1. The Morgan fingerprint density at radius 1 is 0.935 bits per heavy atom. The van der Waals surface area contributed by atoms with Gasteiger partial charge in [0.1, 0.15) is 11.1 Å². The van der Waals surface area contributed by atoms with E-state index in [0.29, 0.717) is 16.3 Å². The zero-order valence-electron chi connectivity index (χ0n) is 16.3. The molecule has 0 aliphatic rings. The Hall–Kier alpha value is -2.78. The molecule has 0 saturated carbocycles. The Morgan fingerprint density at radius 2 is 1.61 bits per heavy atom. The van der Waals surface area contributed by atoms with Crippen molar-refractivity contribution in [3.05, 3.63) is 106 Å². The van der Waals surface area contributed by atoms with Crippen LogP contribution in [0, 0.1) is 11.3 Å². The number of halogens is 2. The Kier molecular flexibility index (Phi) is 6.62. The summed E-state index contributed by atoms with van der Waals surface area (Å²) in [7, 11) is -1.51. The van der Waals surface area contributed by atoms with Crippen LogP contribution in [-0.2, 0) is 16.6 Å². The Bertz CT molecular complexity index is 1280. The zero-order chi connectivity index (χ0) is 21.8. The Labute approximate surface area is 196 Å². The number of rotatable bonds is 5. The minimum Gasteiger partial charge on any atom is -0.252 e. The van der Waals surface area contributed by atoms with Gasteiger partial charge in [-0.2, -0.15) is 5.26 Å². The van der Waals surface area contributed by atoms with Gasteiger partial charge in [0.05, 0.1) is 27.8 Å². The van der Waals surface area contributed by atoms with Crippen LogP contribution in [0.4, 0.5) is 0 Å². The molecule has 1 aromatic heterocycles. The summed E-state index contributed by atoms with van der Waals surface area (Å²) in [6.45, 7) is 0. The van der Waals surface area contributed by atoms with Gasteiger partial charge in [-0.25, -0.2) is 4.98 Å². The second kappa shape index (κ2) is 9.57. The Balaban J connectivity index is 1.87. The van der Waals surface area contributed by atoms with Gasteiger partial charge in [-0.05, 0) is 41.5 Å². The number of benzene rings is 3. The molecule has 0 radical (unpaired) electrons. The average Bonchev–Trinajstić information content (AvgIpc) is 2.80. The standard InChI is InChI=1S/C25H16BrClN2OS/c26-20-10-8-19(9-11-20)24-14-22(18-4-2-1-3-5-18)23(15-28)25(29-24)31(30)16-17-6-12-21(27)13-7-17/h1-14H,16H2. The molecule has 31 heavy (non-hydrogen) atoms. The van der Waals surface area contributed by atoms with E-state index in [1.54, 1.807) is 12.1 Å². The van der Waals surface area contributed by atoms with Gasteiger partial charge in [0.15, 0.2) is 0 Å². The normalized spacial score (nSPS) is 11.6. The first kappa shape index (κ1) is 21.5. The van der Waals surface area contributed by atoms with Crippen molar-refractivity contribution in [2.75, 3.05) is 0 Å². The van der Waals surface area contributed by atoms with Crippen molar-refractivity contribution in [2.45, 2.75) is 10.8 Å². The summed E-state index contributed by atoms with van der Waals surface area (Å²) in [5.41, 5.74) is 4.35. The summed E-state index contributed by atoms with van der Waals surface area (Å²) < 4.78 is 14.3. The summed E-state index contributed by atoms with van der Waals surface area (Å²) in [5.74, 6) is 0.247. The molecule has 0 spiro atoms. The number of hydrogen-bond donors (Lipinski definition) is 0. The smallest absolute Gasteiger partial charge is 0.146 e. The van der Waals surface area contributed by atoms with E-state index in [1.807, 2.05) is 72.8 Å². The lowest BCUT2D eigenvalue weighted by Gasteiger charge is -2.13. The molecule has 1 atom stereocenters. The molecule has 4 aromatic rings. The highest BCUT2D eigenvalue weighted by atomic mass is 79.9. The van der Waals surface area contributed by atoms with Gasteiger partial charge in [0.25, 0.3) is 0 Å². The van der Waals surface area contributed by atoms with Crippen LogP contribution in [0.15, 0.2) is 94.4 Å². The first-order valence-corrected chi connectivity index (χ1v) is 11.9. The molecule has 1 unspecified atom stereocenters. The molecule has 4 rings (SSSR count). The minimum absolute atomic E-state index is 0.247. The predicted molar refractivity (Wildman–Crippen MR) is 129 cm³/mol. The molecule has 0 bridgehead atoms. The molecule has 0 saturated heterocycles. The van der Waals surface area contributed by atoms with E-state index >= 15 is 0 Å². The fraction of sp³-hybridized carbons (Fsp3) is 0.0400. The van der Waals surface area contributed by atoms with Crippen molar-refractivity contribution in [2.24, 2.45) is 0 Å². The molecule has 0 aliphatic heterocycles. The van der Waals surface area contributed by atoms with Crippen LogP contribution < -0.4 is 0 Å². The summed E-state index contributed by atoms with van der Waals surface area (Å²) in [5, 5.41) is 10.9. The second-order valence-electron chi connectivity index (χ2n) is 6.84. The minimum atomic E-state index is -1.51. The number of nitriles is 1. The quantitative estimate of drug-likeness (QED) is 0.292. The van der Waals surface area contributed by atoms with Crippen molar-refractivity contribution in [3.63, 3.8) is 0 Å². The third kappa shape index (κ3) is 4.94. The fourth-order valence-electron chi connectivity index (χ4n) is 3.21. The first-order valence-electron chi connectivity index (χ1n) is 9.44. The van der Waals surface area contributed by atoms with Gasteiger partial charge >= 0.3 is 0 Å². The van der Waals surface area contributed by atoms with Crippen LogP contribution in [0.25, 0.3) is 22.4 Å². The molecule has 3 nitrogen and oxygen atoms in total. The monoisotopic (exact) mass is 506 g/mol. The van der Waals surface area contributed by atoms with Gasteiger partial charge in [-0.1, -0.05) is 82.1 Å². The molecule has 0 fully saturated rings. The highest BCUT2D eigenvalue weighted by molar-refractivity contribution is 9.10. The summed E-state index contributed by atoms with van der Waals surface area (Å²) in [6.07, 6.45) is 0. The maximum absolute atomic E-state index is 13.4. The van der Waals surface area contributed by atoms with E-state index < -0.39 is 10.8 Å². The van der Waals surface area contributed by atoms with Crippen LogP contribution in [-0.4, -0.2) is 9.19 Å². The molecule has 1 heterocycles. The number of nitrogens with zero attached hydrogens (tertiary/aromatic N) is 2. The van der Waals surface area contributed by atoms with Crippen molar-refractivity contribution in [1.29, 1.82) is 5.26 Å². The second-order valence-corrected chi connectivity index (χ2v) is 9.55. The lowest BCUT2D eigenvalue weighted by molar-refractivity contribution is 0.679. The van der Waals surface area contributed by atoms with Gasteiger partial charge < -0.3 is 0 Å². The first-order chi connectivity index (χ1) is 15.0. The van der Waals surface area contributed by atoms with Crippen molar-refractivity contribution >= 4 is 38.3 Å². The third-order valence-corrected chi connectivity index (χ3v) is 6.85. The van der Waals surface area contributed by atoms with Gasteiger partial charge in [0, 0.05) is 20.6 Å². The zero-order valence-corrected chi connectivity index (χ0v) is 19.4. The molecule has 0 amide bonds. The van der Waals surface area contributed by atoms with E-state index in [4.69, 9.17) is 11.6 Å². The summed E-state index contributed by atoms with van der Waals surface area (Å²) in [6, 6.07) is 28.7. The van der Waals surface area contributed by atoms with Crippen LogP contribution in [0.2, 0.25) is 5.02 Å². The highest BCUT2D eigenvalue weighted by Crippen LogP contribution is 2.32. The lowest BCUT2D eigenvalue weighted by Crippen LogP contribution is -2.05. The highest BCUT2D eigenvalue weighted by Gasteiger charge is 2.20. The van der Waals surface area contributed by atoms with Crippen molar-refractivity contribution in [1.82, 2.24) is 4.98 Å². The maximum atomic E-state index is 13.4. The van der Waals surface area contributed by atoms with Crippen LogP contribution in [0.5, 0.6) is 0 Å². The average molecular weight is 508 g/mol. The van der Waals surface area contributed by atoms with Crippen LogP contribution in [0.3, 0.4) is 0 Å². The van der Waals surface area contributed by atoms with Gasteiger partial charge in [-0.3, -0.25) is 4.21 Å². The predicted octanol–water partition coefficient (Wildman–Crippen LogP) is 7.01. The molecular weight excluding hydrogens is 492 g/mol. The number of pyridine rings is 1. The van der Waals surface area contributed by atoms with E-state index in [0.717, 1.165) is 26.7 Å². The topological polar surface area (TPSA) is 53.8 Å². The number of aromatic nitrogens is 1. The van der Waals surface area contributed by atoms with E-state index in [9.17, 15) is 9.47 Å². The van der Waals surface area contributed by atoms with Gasteiger partial charge in [-0.15, -0.1) is 0 Å². The molecule has 3 aromatic carbocycles. The van der Waals surface area contributed by atoms with Crippen molar-refractivity contribution in [3.8, 4) is 28.5 Å². The van der Waals surface area contributed by atoms with Crippen molar-refractivity contribution < 1.29 is 4.21 Å². The number of hydrogen-bond acceptors (Lipinski definition) is 3. The third-order valence-electron chi connectivity index (χ3n) is 4.75. The lowest BCUT2D eigenvalue weighted by atomic mass is 9.99. The molecular formula is C25H16BrClN2OS. The molecule has 0 N–H and O–H groups in total. The van der Waals surface area contributed by atoms with E-state index in [2.05, 4.69) is 27.0 Å². The molecule has 0 aliphatic carbocycles. The summed E-state index contributed by atoms with van der Waals surface area (Å²) >= 11 is 9.42. The van der Waals surface area contributed by atoms with E-state index in [1.165, 1.54) is 0 Å². The molecule has 6 heteroatoms. The molecule has 152 valence electrons. The summed E-state index contributed by atoms with van der Waals surface area (Å²) in [4.78, 5) is 4.68. The fourth-order valence-corrected chi connectivity index (χ4v) is 4.81. The van der Waals surface area contributed by atoms with E-state index in [-0.39, 0.29) is 10.8 Å².